The number of hydrogen-bond donors (Lipinski definition) is 2. The van der Waals surface area contributed by atoms with E-state index < -0.39 is 0 Å². The number of hydrogen-bond acceptors (Lipinski definition) is 5. The minimum absolute atomic E-state index is 0.351. The molecule has 1 saturated carbocycles. The normalized spacial score (nSPS) is 13.9. The quantitative estimate of drug-likeness (QED) is 0.344. The lowest BCUT2D eigenvalue weighted by atomic mass is 9.84. The molecule has 0 heterocycles. The Morgan fingerprint density at radius 1 is 0.943 bits per heavy atom. The van der Waals surface area contributed by atoms with Gasteiger partial charge in [-0.2, -0.15) is 0 Å². The number of benzene rings is 3. The first-order valence-electron chi connectivity index (χ1n) is 12.6. The zero-order valence-corrected chi connectivity index (χ0v) is 21.4. The zero-order chi connectivity index (χ0) is 24.8. The van der Waals surface area contributed by atoms with Gasteiger partial charge in [0.15, 0.2) is 0 Å². The molecule has 3 aromatic carbocycles. The molecule has 1 aliphatic carbocycles. The van der Waals surface area contributed by atoms with Crippen LogP contribution in [0.5, 0.6) is 0 Å². The third-order valence-corrected chi connectivity index (χ3v) is 7.09. The van der Waals surface area contributed by atoms with Gasteiger partial charge in [-0.1, -0.05) is 37.5 Å². The van der Waals surface area contributed by atoms with Crippen molar-refractivity contribution >= 4 is 28.7 Å². The van der Waals surface area contributed by atoms with Crippen molar-refractivity contribution in [1.82, 2.24) is 5.32 Å². The molecule has 0 saturated heterocycles. The molecular weight excluding hydrogens is 434 g/mol. The van der Waals surface area contributed by atoms with Crippen LogP contribution in [0.25, 0.3) is 0 Å². The summed E-state index contributed by atoms with van der Waals surface area (Å²) < 4.78 is 5.02. The van der Waals surface area contributed by atoms with Crippen molar-refractivity contribution in [1.29, 1.82) is 0 Å². The van der Waals surface area contributed by atoms with E-state index in [1.165, 1.54) is 50.5 Å². The van der Waals surface area contributed by atoms with Crippen LogP contribution < -0.4 is 15.5 Å². The van der Waals surface area contributed by atoms with E-state index in [-0.39, 0.29) is 5.97 Å². The highest BCUT2D eigenvalue weighted by atomic mass is 16.5. The van der Waals surface area contributed by atoms with E-state index in [2.05, 4.69) is 72.0 Å². The number of aryl methyl sites for hydroxylation is 1. The number of ether oxygens (including phenoxy) is 1. The van der Waals surface area contributed by atoms with E-state index >= 15 is 0 Å². The van der Waals surface area contributed by atoms with Gasteiger partial charge in [0.2, 0.25) is 0 Å². The maximum atomic E-state index is 12.4. The monoisotopic (exact) mass is 471 g/mol. The molecule has 35 heavy (non-hydrogen) atoms. The van der Waals surface area contributed by atoms with E-state index in [9.17, 15) is 4.79 Å². The molecule has 1 aliphatic rings. The van der Waals surface area contributed by atoms with Gasteiger partial charge in [-0.25, -0.2) is 4.79 Å². The molecule has 184 valence electrons. The Morgan fingerprint density at radius 3 is 2.29 bits per heavy atom. The Morgan fingerprint density at radius 2 is 1.63 bits per heavy atom. The highest BCUT2D eigenvalue weighted by molar-refractivity contribution is 5.97. The summed E-state index contributed by atoms with van der Waals surface area (Å²) in [5.41, 5.74) is 8.12. The predicted octanol–water partition coefficient (Wildman–Crippen LogP) is 7.06. The molecule has 0 aromatic heterocycles. The number of carbonyl (C=O) groups is 1. The lowest BCUT2D eigenvalue weighted by molar-refractivity contribution is 0.0601. The lowest BCUT2D eigenvalue weighted by Crippen LogP contribution is -2.11. The average molecular weight is 472 g/mol. The van der Waals surface area contributed by atoms with Crippen molar-refractivity contribution in [3.63, 3.8) is 0 Å². The highest BCUT2D eigenvalue weighted by Gasteiger charge is 2.17. The molecular formula is C30H37N3O2. The van der Waals surface area contributed by atoms with Crippen LogP contribution in [-0.2, 0) is 11.3 Å². The molecule has 5 heteroatoms. The third kappa shape index (κ3) is 5.85. The van der Waals surface area contributed by atoms with Crippen molar-refractivity contribution in [2.45, 2.75) is 51.5 Å². The van der Waals surface area contributed by atoms with E-state index in [0.29, 0.717) is 12.1 Å². The Labute approximate surface area is 209 Å². The largest absolute Gasteiger partial charge is 0.465 e. The maximum Gasteiger partial charge on any atom is 0.339 e. The van der Waals surface area contributed by atoms with Crippen LogP contribution in [0, 0.1) is 6.92 Å². The second-order valence-electron chi connectivity index (χ2n) is 9.51. The standard InChI is InChI=1S/C30H37N3O2/c1-21-18-26(33(3)25-13-11-24(12-14-25)23-8-6-5-7-9-23)15-17-28(21)32-29-16-10-22(20-31-2)19-27(29)30(34)35-4/h10-19,23,31-32H,5-9,20H2,1-4H3. The zero-order valence-electron chi connectivity index (χ0n) is 21.4. The number of esters is 1. The van der Waals surface area contributed by atoms with Gasteiger partial charge < -0.3 is 20.3 Å². The van der Waals surface area contributed by atoms with Crippen LogP contribution in [0.1, 0.15) is 65.1 Å². The molecule has 2 N–H and O–H groups in total. The number of rotatable bonds is 8. The number of carbonyl (C=O) groups excluding carboxylic acids is 1. The van der Waals surface area contributed by atoms with E-state index in [0.717, 1.165) is 34.1 Å². The van der Waals surface area contributed by atoms with Crippen LogP contribution in [0.4, 0.5) is 22.7 Å². The molecule has 0 atom stereocenters. The summed E-state index contributed by atoms with van der Waals surface area (Å²) in [6.07, 6.45) is 6.73. The molecule has 0 radical (unpaired) electrons. The molecule has 0 aliphatic heterocycles. The van der Waals surface area contributed by atoms with Crippen LogP contribution in [0.2, 0.25) is 0 Å². The molecule has 5 nitrogen and oxygen atoms in total. The summed E-state index contributed by atoms with van der Waals surface area (Å²) in [7, 11) is 5.40. The summed E-state index contributed by atoms with van der Waals surface area (Å²) in [4.78, 5) is 14.6. The fourth-order valence-corrected chi connectivity index (χ4v) is 4.99. The van der Waals surface area contributed by atoms with E-state index in [4.69, 9.17) is 4.74 Å². The second-order valence-corrected chi connectivity index (χ2v) is 9.51. The van der Waals surface area contributed by atoms with Crippen molar-refractivity contribution in [2.75, 3.05) is 31.4 Å². The summed E-state index contributed by atoms with van der Waals surface area (Å²) >= 11 is 0. The number of nitrogens with zero attached hydrogens (tertiary/aromatic N) is 1. The van der Waals surface area contributed by atoms with Gasteiger partial charge >= 0.3 is 5.97 Å². The topological polar surface area (TPSA) is 53.6 Å². The number of methoxy groups -OCH3 is 1. The van der Waals surface area contributed by atoms with Crippen molar-refractivity contribution in [3.05, 3.63) is 82.9 Å². The Bertz CT molecular complexity index is 1150. The molecule has 0 bridgehead atoms. The minimum atomic E-state index is -0.351. The molecule has 0 unspecified atom stereocenters. The third-order valence-electron chi connectivity index (χ3n) is 7.09. The Hall–Kier alpha value is -3.31. The van der Waals surface area contributed by atoms with Crippen molar-refractivity contribution in [3.8, 4) is 0 Å². The Balaban J connectivity index is 1.51. The smallest absolute Gasteiger partial charge is 0.339 e. The SMILES string of the molecule is CNCc1ccc(Nc2ccc(N(C)c3ccc(C4CCCCC4)cc3)cc2C)c(C(=O)OC)c1. The first-order valence-corrected chi connectivity index (χ1v) is 12.6. The summed E-state index contributed by atoms with van der Waals surface area (Å²) in [5, 5.41) is 6.55. The van der Waals surface area contributed by atoms with Crippen LogP contribution in [0.15, 0.2) is 60.7 Å². The van der Waals surface area contributed by atoms with Gasteiger partial charge in [0.25, 0.3) is 0 Å². The van der Waals surface area contributed by atoms with Crippen LogP contribution in [-0.4, -0.2) is 27.2 Å². The summed E-state index contributed by atoms with van der Waals surface area (Å²) in [5.74, 6) is 0.369. The minimum Gasteiger partial charge on any atom is -0.465 e. The molecule has 1 fully saturated rings. The molecule has 3 aromatic rings. The molecule has 0 amide bonds. The highest BCUT2D eigenvalue weighted by Crippen LogP contribution is 2.35. The van der Waals surface area contributed by atoms with Gasteiger partial charge in [0.1, 0.15) is 0 Å². The van der Waals surface area contributed by atoms with Gasteiger partial charge in [0, 0.05) is 30.7 Å². The van der Waals surface area contributed by atoms with Crippen molar-refractivity contribution < 1.29 is 9.53 Å². The summed E-state index contributed by atoms with van der Waals surface area (Å²) in [6.45, 7) is 2.77. The fourth-order valence-electron chi connectivity index (χ4n) is 4.99. The second kappa shape index (κ2) is 11.4. The maximum absolute atomic E-state index is 12.4. The van der Waals surface area contributed by atoms with E-state index in [1.807, 2.05) is 25.2 Å². The van der Waals surface area contributed by atoms with Gasteiger partial charge in [0.05, 0.1) is 18.4 Å². The lowest BCUT2D eigenvalue weighted by Gasteiger charge is -2.24. The van der Waals surface area contributed by atoms with Crippen LogP contribution in [0.3, 0.4) is 0 Å². The van der Waals surface area contributed by atoms with E-state index in [1.54, 1.807) is 0 Å². The fraction of sp³-hybridized carbons (Fsp3) is 0.367. The first kappa shape index (κ1) is 24.8. The average Bonchev–Trinajstić information content (AvgIpc) is 2.90. The first-order chi connectivity index (χ1) is 17.0. The van der Waals surface area contributed by atoms with Gasteiger partial charge in [-0.15, -0.1) is 0 Å². The number of anilines is 4. The van der Waals surface area contributed by atoms with Gasteiger partial charge in [-0.3, -0.25) is 0 Å². The Kier molecular flexibility index (Phi) is 8.09. The predicted molar refractivity (Wildman–Crippen MR) is 145 cm³/mol. The van der Waals surface area contributed by atoms with Crippen molar-refractivity contribution in [2.24, 2.45) is 0 Å². The summed E-state index contributed by atoms with van der Waals surface area (Å²) in [6, 6.07) is 21.3. The molecule has 4 rings (SSSR count). The van der Waals surface area contributed by atoms with Gasteiger partial charge in [-0.05, 0) is 91.9 Å². The number of nitrogens with one attached hydrogen (secondary N) is 2. The molecule has 0 spiro atoms. The van der Waals surface area contributed by atoms with Crippen LogP contribution >= 0.6 is 0 Å².